The van der Waals surface area contributed by atoms with Crippen LogP contribution in [0.2, 0.25) is 0 Å². The Bertz CT molecular complexity index is 934. The van der Waals surface area contributed by atoms with Gasteiger partial charge in [0.25, 0.3) is 0 Å². The zero-order valence-electron chi connectivity index (χ0n) is 13.1. The predicted molar refractivity (Wildman–Crippen MR) is 97.2 cm³/mol. The van der Waals surface area contributed by atoms with E-state index < -0.39 is 10.0 Å². The molecule has 0 amide bonds. The van der Waals surface area contributed by atoms with Crippen LogP contribution in [0.3, 0.4) is 0 Å². The van der Waals surface area contributed by atoms with E-state index in [1.54, 1.807) is 24.3 Å². The van der Waals surface area contributed by atoms with Crippen LogP contribution in [0, 0.1) is 6.92 Å². The maximum absolute atomic E-state index is 12.4. The fourth-order valence-corrected chi connectivity index (χ4v) is 4.15. The van der Waals surface area contributed by atoms with Crippen molar-refractivity contribution in [1.82, 2.24) is 9.71 Å². The van der Waals surface area contributed by atoms with Gasteiger partial charge in [-0.15, -0.1) is 11.3 Å². The van der Waals surface area contributed by atoms with Crippen LogP contribution < -0.4 is 10.5 Å². The minimum Gasteiger partial charge on any atom is -0.375 e. The highest BCUT2D eigenvalue weighted by atomic mass is 32.2. The number of nitrogen functional groups attached to an aromatic ring is 1. The molecule has 3 N–H and O–H groups in total. The zero-order valence-corrected chi connectivity index (χ0v) is 14.7. The highest BCUT2D eigenvalue weighted by molar-refractivity contribution is 7.89. The lowest BCUT2D eigenvalue weighted by Gasteiger charge is -2.07. The maximum atomic E-state index is 12.4. The Morgan fingerprint density at radius 2 is 1.75 bits per heavy atom. The first kappa shape index (κ1) is 16.6. The third-order valence-corrected chi connectivity index (χ3v) is 5.82. The number of hydrogen-bond acceptors (Lipinski definition) is 5. The van der Waals surface area contributed by atoms with Crippen LogP contribution in [0.5, 0.6) is 0 Å². The maximum Gasteiger partial charge on any atom is 0.240 e. The second kappa shape index (κ2) is 6.72. The minimum atomic E-state index is -3.58. The number of nitrogens with two attached hydrogens (primary N) is 1. The van der Waals surface area contributed by atoms with E-state index in [9.17, 15) is 8.42 Å². The van der Waals surface area contributed by atoms with Gasteiger partial charge in [0.2, 0.25) is 10.0 Å². The molecule has 1 heterocycles. The number of aryl methyl sites for hydroxylation is 1. The number of sulfonamides is 1. The van der Waals surface area contributed by atoms with E-state index in [0.717, 1.165) is 16.0 Å². The molecule has 0 spiro atoms. The molecular formula is C17H17N3O2S2. The topological polar surface area (TPSA) is 85.1 Å². The Labute approximate surface area is 145 Å². The quantitative estimate of drug-likeness (QED) is 0.733. The molecule has 5 nitrogen and oxygen atoms in total. The predicted octanol–water partition coefficient (Wildman–Crippen LogP) is 3.18. The van der Waals surface area contributed by atoms with Crippen LogP contribution in [0.1, 0.15) is 10.4 Å². The fourth-order valence-electron chi connectivity index (χ4n) is 2.27. The molecule has 0 aliphatic carbocycles. The first-order valence-electron chi connectivity index (χ1n) is 7.32. The lowest BCUT2D eigenvalue weighted by atomic mass is 10.1. The van der Waals surface area contributed by atoms with Crippen LogP contribution in [0.25, 0.3) is 11.3 Å². The normalized spacial score (nSPS) is 11.5. The van der Waals surface area contributed by atoms with Gasteiger partial charge in [-0.3, -0.25) is 0 Å². The van der Waals surface area contributed by atoms with Crippen molar-refractivity contribution in [1.29, 1.82) is 0 Å². The molecule has 0 bridgehead atoms. The number of benzene rings is 2. The Hall–Kier alpha value is -2.22. The average Bonchev–Trinajstić information content (AvgIpc) is 2.95. The van der Waals surface area contributed by atoms with Gasteiger partial charge in [-0.1, -0.05) is 48.0 Å². The number of anilines is 1. The molecule has 0 unspecified atom stereocenters. The van der Waals surface area contributed by atoms with Gasteiger partial charge in [0.1, 0.15) is 0 Å². The summed E-state index contributed by atoms with van der Waals surface area (Å²) in [5.41, 5.74) is 8.45. The van der Waals surface area contributed by atoms with Gasteiger partial charge in [0.05, 0.1) is 10.6 Å². The number of thiazole rings is 1. The van der Waals surface area contributed by atoms with Gasteiger partial charge in [0, 0.05) is 17.0 Å². The van der Waals surface area contributed by atoms with Crippen molar-refractivity contribution in [2.75, 3.05) is 5.73 Å². The summed E-state index contributed by atoms with van der Waals surface area (Å²) in [5, 5.41) is 0.415. The van der Waals surface area contributed by atoms with Crippen LogP contribution in [0.4, 0.5) is 5.13 Å². The Kier molecular flexibility index (Phi) is 4.66. The van der Waals surface area contributed by atoms with Gasteiger partial charge in [0.15, 0.2) is 5.13 Å². The molecule has 0 radical (unpaired) electrons. The molecule has 2 aromatic carbocycles. The van der Waals surface area contributed by atoms with Gasteiger partial charge in [-0.25, -0.2) is 18.1 Å². The van der Waals surface area contributed by atoms with Crippen molar-refractivity contribution in [3.63, 3.8) is 0 Å². The lowest BCUT2D eigenvalue weighted by molar-refractivity contribution is 0.582. The van der Waals surface area contributed by atoms with Crippen molar-refractivity contribution in [2.45, 2.75) is 18.4 Å². The van der Waals surface area contributed by atoms with E-state index in [4.69, 9.17) is 5.73 Å². The number of aromatic nitrogens is 1. The van der Waals surface area contributed by atoms with Gasteiger partial charge in [-0.05, 0) is 19.1 Å². The molecule has 124 valence electrons. The second-order valence-electron chi connectivity index (χ2n) is 5.33. The molecule has 0 aliphatic rings. The van der Waals surface area contributed by atoms with E-state index in [1.165, 1.54) is 11.3 Å². The van der Waals surface area contributed by atoms with Gasteiger partial charge < -0.3 is 5.73 Å². The summed E-state index contributed by atoms with van der Waals surface area (Å²) in [7, 11) is -3.58. The summed E-state index contributed by atoms with van der Waals surface area (Å²) in [4.78, 5) is 5.36. The van der Waals surface area contributed by atoms with Crippen molar-refractivity contribution < 1.29 is 8.42 Å². The average molecular weight is 359 g/mol. The standard InChI is InChI=1S/C17H17N3O2S2/c1-12-7-9-14(10-8-12)24(21,22)19-11-15-16(20-17(18)23-15)13-5-3-2-4-6-13/h2-10,19H,11H2,1H3,(H2,18,20). The third-order valence-electron chi connectivity index (χ3n) is 3.52. The zero-order chi connectivity index (χ0) is 17.2. The Morgan fingerprint density at radius 1 is 1.08 bits per heavy atom. The number of nitrogens with one attached hydrogen (secondary N) is 1. The van der Waals surface area contributed by atoms with Crippen molar-refractivity contribution >= 4 is 26.5 Å². The van der Waals surface area contributed by atoms with Crippen molar-refractivity contribution in [3.05, 3.63) is 65.0 Å². The summed E-state index contributed by atoms with van der Waals surface area (Å²) >= 11 is 1.29. The molecule has 0 saturated heterocycles. The summed E-state index contributed by atoms with van der Waals surface area (Å²) in [6, 6.07) is 16.3. The van der Waals surface area contributed by atoms with E-state index in [1.807, 2.05) is 37.3 Å². The van der Waals surface area contributed by atoms with Crippen LogP contribution in [-0.2, 0) is 16.6 Å². The van der Waals surface area contributed by atoms with E-state index in [-0.39, 0.29) is 11.4 Å². The molecule has 7 heteroatoms. The third kappa shape index (κ3) is 3.64. The van der Waals surface area contributed by atoms with E-state index in [0.29, 0.717) is 10.8 Å². The van der Waals surface area contributed by atoms with Crippen molar-refractivity contribution in [2.24, 2.45) is 0 Å². The number of hydrogen-bond donors (Lipinski definition) is 2. The smallest absolute Gasteiger partial charge is 0.240 e. The van der Waals surface area contributed by atoms with Crippen LogP contribution >= 0.6 is 11.3 Å². The summed E-state index contributed by atoms with van der Waals surface area (Å²) < 4.78 is 27.4. The van der Waals surface area contributed by atoms with Gasteiger partial charge in [-0.2, -0.15) is 0 Å². The molecular weight excluding hydrogens is 342 g/mol. The number of nitrogens with zero attached hydrogens (tertiary/aromatic N) is 1. The Morgan fingerprint density at radius 3 is 2.42 bits per heavy atom. The lowest BCUT2D eigenvalue weighted by Crippen LogP contribution is -2.23. The summed E-state index contributed by atoms with van der Waals surface area (Å²) in [6.45, 7) is 2.06. The largest absolute Gasteiger partial charge is 0.375 e. The second-order valence-corrected chi connectivity index (χ2v) is 8.21. The first-order chi connectivity index (χ1) is 11.5. The molecule has 0 saturated carbocycles. The van der Waals surface area contributed by atoms with E-state index in [2.05, 4.69) is 9.71 Å². The molecule has 1 aromatic heterocycles. The summed E-state index contributed by atoms with van der Waals surface area (Å²) in [6.07, 6.45) is 0. The summed E-state index contributed by atoms with van der Waals surface area (Å²) in [5.74, 6) is 0. The molecule has 0 atom stereocenters. The Balaban J connectivity index is 1.84. The number of rotatable bonds is 5. The monoisotopic (exact) mass is 359 g/mol. The van der Waals surface area contributed by atoms with Gasteiger partial charge >= 0.3 is 0 Å². The van der Waals surface area contributed by atoms with Crippen LogP contribution in [0.15, 0.2) is 59.5 Å². The molecule has 3 rings (SSSR count). The molecule has 3 aromatic rings. The highest BCUT2D eigenvalue weighted by Crippen LogP contribution is 2.29. The highest BCUT2D eigenvalue weighted by Gasteiger charge is 2.17. The van der Waals surface area contributed by atoms with E-state index >= 15 is 0 Å². The van der Waals surface area contributed by atoms with Crippen molar-refractivity contribution in [3.8, 4) is 11.3 Å². The first-order valence-corrected chi connectivity index (χ1v) is 9.62. The van der Waals surface area contributed by atoms with Crippen LogP contribution in [-0.4, -0.2) is 13.4 Å². The molecule has 0 fully saturated rings. The molecule has 0 aliphatic heterocycles. The fraction of sp³-hybridized carbons (Fsp3) is 0.118. The molecule has 24 heavy (non-hydrogen) atoms. The minimum absolute atomic E-state index is 0.148. The SMILES string of the molecule is Cc1ccc(S(=O)(=O)NCc2sc(N)nc2-c2ccccc2)cc1.